The summed E-state index contributed by atoms with van der Waals surface area (Å²) in [5.41, 5.74) is 3.60. The van der Waals surface area contributed by atoms with Gasteiger partial charge in [0, 0.05) is 17.1 Å². The number of pyridine rings is 1. The van der Waals surface area contributed by atoms with E-state index in [1.54, 1.807) is 0 Å². The van der Waals surface area contributed by atoms with Crippen molar-refractivity contribution in [3.63, 3.8) is 0 Å². The summed E-state index contributed by atoms with van der Waals surface area (Å²) < 4.78 is 6.60. The Kier molecular flexibility index (Phi) is 4.56. The molecule has 21 heavy (non-hydrogen) atoms. The van der Waals surface area contributed by atoms with E-state index in [0.29, 0.717) is 0 Å². The van der Waals surface area contributed by atoms with Gasteiger partial charge in [0.1, 0.15) is 5.75 Å². The third kappa shape index (κ3) is 3.27. The number of benzene rings is 1. The minimum Gasteiger partial charge on any atom is -0.493 e. The van der Waals surface area contributed by atoms with E-state index in [1.165, 1.54) is 11.1 Å². The molecule has 0 aliphatic carbocycles. The first-order valence-corrected chi connectivity index (χ1v) is 8.17. The molecule has 110 valence electrons. The minimum absolute atomic E-state index is 0.129. The van der Waals surface area contributed by atoms with Gasteiger partial charge in [0.05, 0.1) is 18.3 Å². The molecule has 4 heteroatoms. The van der Waals surface area contributed by atoms with Gasteiger partial charge in [0.2, 0.25) is 0 Å². The van der Waals surface area contributed by atoms with E-state index in [1.807, 2.05) is 12.3 Å². The van der Waals surface area contributed by atoms with Gasteiger partial charge in [-0.3, -0.25) is 4.98 Å². The summed E-state index contributed by atoms with van der Waals surface area (Å²) in [6.45, 7) is 3.94. The number of rotatable bonds is 5. The predicted octanol–water partition coefficient (Wildman–Crippen LogP) is 3.87. The molecule has 0 fully saturated rings. The number of nitrogens with zero attached hydrogens (tertiary/aromatic N) is 1. The normalized spacial score (nSPS) is 14.6. The SMILES string of the molecule is CCCNC(c1ccc2c(c1)CCO2)c1ccc(Br)cn1. The highest BCUT2D eigenvalue weighted by Gasteiger charge is 2.18. The van der Waals surface area contributed by atoms with E-state index in [9.17, 15) is 0 Å². The van der Waals surface area contributed by atoms with Crippen LogP contribution in [-0.4, -0.2) is 18.1 Å². The Labute approximate surface area is 133 Å². The number of fused-ring (bicyclic) bond motifs is 1. The van der Waals surface area contributed by atoms with Gasteiger partial charge in [0.25, 0.3) is 0 Å². The topological polar surface area (TPSA) is 34.1 Å². The lowest BCUT2D eigenvalue weighted by molar-refractivity contribution is 0.357. The van der Waals surface area contributed by atoms with Crippen LogP contribution in [0.15, 0.2) is 41.0 Å². The van der Waals surface area contributed by atoms with E-state index in [0.717, 1.165) is 41.9 Å². The van der Waals surface area contributed by atoms with E-state index in [-0.39, 0.29) is 6.04 Å². The van der Waals surface area contributed by atoms with Crippen molar-refractivity contribution >= 4 is 15.9 Å². The van der Waals surface area contributed by atoms with Crippen LogP contribution in [0.25, 0.3) is 0 Å². The number of halogens is 1. The standard InChI is InChI=1S/C17H19BrN2O/c1-2-8-19-17(15-5-4-14(18)11-20-15)13-3-6-16-12(10-13)7-9-21-16/h3-6,10-11,17,19H,2,7-9H2,1H3. The quantitative estimate of drug-likeness (QED) is 0.892. The molecule has 1 aromatic carbocycles. The highest BCUT2D eigenvalue weighted by atomic mass is 79.9. The fourth-order valence-corrected chi connectivity index (χ4v) is 2.86. The molecule has 0 spiro atoms. The molecular weight excluding hydrogens is 328 g/mol. The fourth-order valence-electron chi connectivity index (χ4n) is 2.63. The van der Waals surface area contributed by atoms with Crippen LogP contribution in [0.1, 0.15) is 36.2 Å². The van der Waals surface area contributed by atoms with E-state index in [2.05, 4.69) is 57.4 Å². The molecule has 1 atom stereocenters. The first kappa shape index (κ1) is 14.5. The summed E-state index contributed by atoms with van der Waals surface area (Å²) in [5, 5.41) is 3.59. The molecule has 1 aliphatic rings. The van der Waals surface area contributed by atoms with Crippen LogP contribution in [0.4, 0.5) is 0 Å². The first-order chi connectivity index (χ1) is 10.3. The smallest absolute Gasteiger partial charge is 0.122 e. The van der Waals surface area contributed by atoms with Crippen molar-refractivity contribution in [1.29, 1.82) is 0 Å². The second-order valence-electron chi connectivity index (χ2n) is 5.25. The summed E-state index contributed by atoms with van der Waals surface area (Å²) in [5.74, 6) is 1.02. The fraction of sp³-hybridized carbons (Fsp3) is 0.353. The molecule has 3 nitrogen and oxygen atoms in total. The third-order valence-corrected chi connectivity index (χ3v) is 4.16. The van der Waals surface area contributed by atoms with Crippen LogP contribution in [0.3, 0.4) is 0 Å². The molecule has 1 unspecified atom stereocenters. The van der Waals surface area contributed by atoms with Crippen LogP contribution in [0.5, 0.6) is 5.75 Å². The molecule has 2 aromatic rings. The Hall–Kier alpha value is -1.39. The van der Waals surface area contributed by atoms with Gasteiger partial charge in [-0.15, -0.1) is 0 Å². The lowest BCUT2D eigenvalue weighted by Gasteiger charge is -2.19. The largest absolute Gasteiger partial charge is 0.493 e. The third-order valence-electron chi connectivity index (χ3n) is 3.69. The van der Waals surface area contributed by atoms with Gasteiger partial charge in [-0.1, -0.05) is 19.1 Å². The lowest BCUT2D eigenvalue weighted by atomic mass is 9.99. The van der Waals surface area contributed by atoms with Crippen molar-refractivity contribution in [3.8, 4) is 5.75 Å². The van der Waals surface area contributed by atoms with Crippen molar-refractivity contribution in [2.24, 2.45) is 0 Å². The number of aromatic nitrogens is 1. The van der Waals surface area contributed by atoms with Gasteiger partial charge in [-0.2, -0.15) is 0 Å². The molecule has 0 saturated carbocycles. The predicted molar refractivity (Wildman–Crippen MR) is 87.7 cm³/mol. The van der Waals surface area contributed by atoms with E-state index >= 15 is 0 Å². The van der Waals surface area contributed by atoms with Crippen LogP contribution in [-0.2, 0) is 6.42 Å². The number of hydrogen-bond acceptors (Lipinski definition) is 3. The first-order valence-electron chi connectivity index (χ1n) is 7.38. The summed E-state index contributed by atoms with van der Waals surface area (Å²) in [4.78, 5) is 4.56. The number of nitrogens with one attached hydrogen (secondary N) is 1. The van der Waals surface area contributed by atoms with Crippen molar-refractivity contribution in [3.05, 3.63) is 57.8 Å². The summed E-state index contributed by atoms with van der Waals surface area (Å²) in [6.07, 6.45) is 3.95. The summed E-state index contributed by atoms with van der Waals surface area (Å²) >= 11 is 3.44. The number of ether oxygens (including phenoxy) is 1. The maximum Gasteiger partial charge on any atom is 0.122 e. The highest BCUT2D eigenvalue weighted by molar-refractivity contribution is 9.10. The molecule has 0 bridgehead atoms. The van der Waals surface area contributed by atoms with Crippen molar-refractivity contribution in [2.75, 3.05) is 13.2 Å². The molecule has 0 radical (unpaired) electrons. The molecule has 1 aromatic heterocycles. The zero-order valence-corrected chi connectivity index (χ0v) is 13.7. The zero-order chi connectivity index (χ0) is 14.7. The average Bonchev–Trinajstić information content (AvgIpc) is 2.97. The minimum atomic E-state index is 0.129. The monoisotopic (exact) mass is 346 g/mol. The van der Waals surface area contributed by atoms with Crippen LogP contribution in [0, 0.1) is 0 Å². The second kappa shape index (κ2) is 6.58. The van der Waals surface area contributed by atoms with Crippen molar-refractivity contribution in [2.45, 2.75) is 25.8 Å². The van der Waals surface area contributed by atoms with Crippen LogP contribution in [0.2, 0.25) is 0 Å². The molecular formula is C17H19BrN2O. The molecule has 0 saturated heterocycles. The Balaban J connectivity index is 1.93. The Morgan fingerprint density at radius 2 is 2.24 bits per heavy atom. The second-order valence-corrected chi connectivity index (χ2v) is 6.17. The highest BCUT2D eigenvalue weighted by Crippen LogP contribution is 2.30. The van der Waals surface area contributed by atoms with E-state index in [4.69, 9.17) is 4.74 Å². The van der Waals surface area contributed by atoms with Gasteiger partial charge in [-0.25, -0.2) is 0 Å². The van der Waals surface area contributed by atoms with Crippen molar-refractivity contribution in [1.82, 2.24) is 10.3 Å². The Morgan fingerprint density at radius 1 is 1.33 bits per heavy atom. The summed E-state index contributed by atoms with van der Waals surface area (Å²) in [6, 6.07) is 10.7. The maximum absolute atomic E-state index is 5.59. The molecule has 0 amide bonds. The van der Waals surface area contributed by atoms with Gasteiger partial charge >= 0.3 is 0 Å². The molecule has 2 heterocycles. The molecule has 1 aliphatic heterocycles. The Morgan fingerprint density at radius 3 is 3.00 bits per heavy atom. The van der Waals surface area contributed by atoms with Gasteiger partial charge < -0.3 is 10.1 Å². The lowest BCUT2D eigenvalue weighted by Crippen LogP contribution is -2.24. The van der Waals surface area contributed by atoms with Crippen LogP contribution < -0.4 is 10.1 Å². The molecule has 1 N–H and O–H groups in total. The number of hydrogen-bond donors (Lipinski definition) is 1. The zero-order valence-electron chi connectivity index (χ0n) is 12.1. The Bertz CT molecular complexity index is 613. The van der Waals surface area contributed by atoms with Crippen molar-refractivity contribution < 1.29 is 4.74 Å². The van der Waals surface area contributed by atoms with Gasteiger partial charge in [-0.05, 0) is 58.2 Å². The average molecular weight is 347 g/mol. The van der Waals surface area contributed by atoms with Gasteiger partial charge in [0.15, 0.2) is 0 Å². The maximum atomic E-state index is 5.59. The molecule has 3 rings (SSSR count). The van der Waals surface area contributed by atoms with Crippen LogP contribution >= 0.6 is 15.9 Å². The van der Waals surface area contributed by atoms with E-state index < -0.39 is 0 Å². The summed E-state index contributed by atoms with van der Waals surface area (Å²) in [7, 11) is 0.